The van der Waals surface area contributed by atoms with Crippen molar-refractivity contribution in [3.05, 3.63) is 35.9 Å². The highest BCUT2D eigenvalue weighted by atomic mass is 35.5. The van der Waals surface area contributed by atoms with Crippen LogP contribution >= 0.6 is 11.6 Å². The van der Waals surface area contributed by atoms with Gasteiger partial charge in [0.05, 0.1) is 11.8 Å². The minimum absolute atomic E-state index is 0.133. The highest BCUT2D eigenvalue weighted by Gasteiger charge is 2.21. The summed E-state index contributed by atoms with van der Waals surface area (Å²) in [7, 11) is 0. The maximum Gasteiger partial charge on any atom is 0.227 e. The number of alkyl halides is 1. The number of rotatable bonds is 2. The largest absolute Gasteiger partial charge is 0.341 e. The van der Waals surface area contributed by atoms with E-state index in [1.54, 1.807) is 0 Å². The highest BCUT2D eigenvalue weighted by molar-refractivity contribution is 6.20. The van der Waals surface area contributed by atoms with Gasteiger partial charge in [0.2, 0.25) is 5.91 Å². The number of amides is 1. The number of benzene rings is 1. The van der Waals surface area contributed by atoms with E-state index < -0.39 is 0 Å². The molecule has 1 amide bonds. The van der Waals surface area contributed by atoms with Crippen molar-refractivity contribution >= 4 is 17.5 Å². The first-order chi connectivity index (χ1) is 7.75. The normalized spacial score (nSPS) is 20.8. The molecule has 1 aromatic rings. The van der Waals surface area contributed by atoms with E-state index in [1.165, 1.54) is 0 Å². The number of likely N-dealkylation sites (tertiary alicyclic amines) is 1. The minimum atomic E-state index is 0.133. The molecule has 1 aromatic carbocycles. The number of carbonyl (C=O) groups excluding carboxylic acids is 1. The van der Waals surface area contributed by atoms with Crippen LogP contribution in [-0.4, -0.2) is 29.3 Å². The molecule has 2 nitrogen and oxygen atoms in total. The van der Waals surface area contributed by atoms with Gasteiger partial charge < -0.3 is 4.90 Å². The summed E-state index contributed by atoms with van der Waals surface area (Å²) < 4.78 is 0. The molecule has 0 aliphatic carbocycles. The first kappa shape index (κ1) is 11.5. The second-order valence-corrected chi connectivity index (χ2v) is 4.86. The number of nitrogens with zero attached hydrogens (tertiary/aromatic N) is 1. The van der Waals surface area contributed by atoms with E-state index in [4.69, 9.17) is 11.6 Å². The molecule has 0 spiro atoms. The van der Waals surface area contributed by atoms with Gasteiger partial charge in [0.1, 0.15) is 0 Å². The lowest BCUT2D eigenvalue weighted by Gasteiger charge is -2.29. The van der Waals surface area contributed by atoms with E-state index in [-0.39, 0.29) is 11.3 Å². The van der Waals surface area contributed by atoms with Gasteiger partial charge in [-0.3, -0.25) is 4.79 Å². The average molecular weight is 238 g/mol. The molecule has 0 bridgehead atoms. The fourth-order valence-corrected chi connectivity index (χ4v) is 2.36. The molecular weight excluding hydrogens is 222 g/mol. The van der Waals surface area contributed by atoms with Crippen molar-refractivity contribution in [1.82, 2.24) is 4.90 Å². The second-order valence-electron chi connectivity index (χ2n) is 4.24. The summed E-state index contributed by atoms with van der Waals surface area (Å²) in [6.07, 6.45) is 2.54. The van der Waals surface area contributed by atoms with Crippen LogP contribution in [0.25, 0.3) is 0 Å². The Bertz CT molecular complexity index is 352. The summed E-state index contributed by atoms with van der Waals surface area (Å²) in [5.41, 5.74) is 1.07. The zero-order valence-electron chi connectivity index (χ0n) is 9.23. The molecule has 1 fully saturated rings. The van der Waals surface area contributed by atoms with Gasteiger partial charge in [-0.15, -0.1) is 11.6 Å². The molecule has 1 heterocycles. The fraction of sp³-hybridized carbons (Fsp3) is 0.462. The van der Waals surface area contributed by atoms with Crippen LogP contribution in [0, 0.1) is 0 Å². The summed E-state index contributed by atoms with van der Waals surface area (Å²) in [6.45, 7) is 1.56. The topological polar surface area (TPSA) is 20.3 Å². The molecule has 16 heavy (non-hydrogen) atoms. The predicted molar refractivity (Wildman–Crippen MR) is 65.6 cm³/mol. The molecule has 1 atom stereocenters. The second kappa shape index (κ2) is 5.35. The van der Waals surface area contributed by atoms with E-state index in [9.17, 15) is 4.79 Å². The Morgan fingerprint density at radius 1 is 1.38 bits per heavy atom. The van der Waals surface area contributed by atoms with Crippen LogP contribution in [0.15, 0.2) is 30.3 Å². The van der Waals surface area contributed by atoms with Crippen molar-refractivity contribution in [3.63, 3.8) is 0 Å². The zero-order chi connectivity index (χ0) is 11.4. The third-order valence-corrected chi connectivity index (χ3v) is 3.27. The van der Waals surface area contributed by atoms with Gasteiger partial charge in [0.25, 0.3) is 0 Å². The van der Waals surface area contributed by atoms with Crippen molar-refractivity contribution in [2.24, 2.45) is 0 Å². The number of carbonyl (C=O) groups is 1. The van der Waals surface area contributed by atoms with E-state index in [0.717, 1.165) is 24.9 Å². The van der Waals surface area contributed by atoms with Gasteiger partial charge in [0.15, 0.2) is 0 Å². The van der Waals surface area contributed by atoms with E-state index in [2.05, 4.69) is 0 Å². The lowest BCUT2D eigenvalue weighted by molar-refractivity contribution is -0.131. The summed E-state index contributed by atoms with van der Waals surface area (Å²) in [5.74, 6) is 0.191. The fourth-order valence-electron chi connectivity index (χ4n) is 2.03. The number of piperidine rings is 1. The third-order valence-electron chi connectivity index (χ3n) is 2.91. The third kappa shape index (κ3) is 2.99. The van der Waals surface area contributed by atoms with Gasteiger partial charge in [0, 0.05) is 13.1 Å². The van der Waals surface area contributed by atoms with Crippen LogP contribution in [-0.2, 0) is 11.2 Å². The Balaban J connectivity index is 1.93. The molecule has 1 aliphatic heterocycles. The summed E-state index contributed by atoms with van der Waals surface area (Å²) in [5, 5.41) is 0.133. The number of hydrogen-bond donors (Lipinski definition) is 0. The molecular formula is C13H16ClNO. The van der Waals surface area contributed by atoms with Gasteiger partial charge in [-0.1, -0.05) is 30.3 Å². The lowest BCUT2D eigenvalue weighted by Crippen LogP contribution is -2.41. The number of halogens is 1. The monoisotopic (exact) mass is 237 g/mol. The average Bonchev–Trinajstić information content (AvgIpc) is 2.30. The van der Waals surface area contributed by atoms with Crippen LogP contribution < -0.4 is 0 Å². The molecule has 0 radical (unpaired) electrons. The Morgan fingerprint density at radius 2 is 2.12 bits per heavy atom. The predicted octanol–water partition coefficient (Wildman–Crippen LogP) is 2.46. The number of hydrogen-bond acceptors (Lipinski definition) is 1. The van der Waals surface area contributed by atoms with Crippen LogP contribution in [0.2, 0.25) is 0 Å². The molecule has 0 saturated carbocycles. The van der Waals surface area contributed by atoms with Gasteiger partial charge in [-0.2, -0.15) is 0 Å². The van der Waals surface area contributed by atoms with E-state index in [1.807, 2.05) is 35.2 Å². The minimum Gasteiger partial charge on any atom is -0.341 e. The first-order valence-electron chi connectivity index (χ1n) is 5.71. The lowest BCUT2D eigenvalue weighted by atomic mass is 10.1. The summed E-state index contributed by atoms with van der Waals surface area (Å²) in [4.78, 5) is 13.9. The molecule has 2 rings (SSSR count). The molecule has 1 unspecified atom stereocenters. The standard InChI is InChI=1S/C13H16ClNO/c14-12-7-4-8-15(10-12)13(16)9-11-5-2-1-3-6-11/h1-3,5-6,12H,4,7-10H2. The zero-order valence-corrected chi connectivity index (χ0v) is 9.99. The molecule has 0 aromatic heterocycles. The van der Waals surface area contributed by atoms with Gasteiger partial charge in [-0.25, -0.2) is 0 Å². The van der Waals surface area contributed by atoms with Crippen LogP contribution in [0.3, 0.4) is 0 Å². The molecule has 3 heteroatoms. The van der Waals surface area contributed by atoms with E-state index in [0.29, 0.717) is 13.0 Å². The first-order valence-corrected chi connectivity index (χ1v) is 6.15. The van der Waals surface area contributed by atoms with Gasteiger partial charge in [-0.05, 0) is 18.4 Å². The summed E-state index contributed by atoms with van der Waals surface area (Å²) >= 11 is 6.06. The maximum absolute atomic E-state index is 12.0. The summed E-state index contributed by atoms with van der Waals surface area (Å²) in [6, 6.07) is 9.86. The maximum atomic E-state index is 12.0. The molecule has 0 N–H and O–H groups in total. The van der Waals surface area contributed by atoms with Gasteiger partial charge >= 0.3 is 0 Å². The van der Waals surface area contributed by atoms with Crippen molar-refractivity contribution in [3.8, 4) is 0 Å². The van der Waals surface area contributed by atoms with Crippen LogP contribution in [0.4, 0.5) is 0 Å². The van der Waals surface area contributed by atoms with Crippen LogP contribution in [0.5, 0.6) is 0 Å². The molecule has 1 aliphatic rings. The van der Waals surface area contributed by atoms with E-state index >= 15 is 0 Å². The van der Waals surface area contributed by atoms with Crippen LogP contribution in [0.1, 0.15) is 18.4 Å². The Hall–Kier alpha value is -1.02. The Kier molecular flexibility index (Phi) is 3.83. The molecule has 86 valence electrons. The molecule has 1 saturated heterocycles. The van der Waals surface area contributed by atoms with Crippen molar-refractivity contribution < 1.29 is 4.79 Å². The SMILES string of the molecule is O=C(Cc1ccccc1)N1CCCC(Cl)C1. The Morgan fingerprint density at radius 3 is 2.81 bits per heavy atom. The van der Waals surface area contributed by atoms with Crippen molar-refractivity contribution in [2.75, 3.05) is 13.1 Å². The highest BCUT2D eigenvalue weighted by Crippen LogP contribution is 2.16. The quantitative estimate of drug-likeness (QED) is 0.724. The Labute approximate surface area is 101 Å². The van der Waals surface area contributed by atoms with Crippen molar-refractivity contribution in [1.29, 1.82) is 0 Å². The van der Waals surface area contributed by atoms with Crippen molar-refractivity contribution in [2.45, 2.75) is 24.6 Å². The smallest absolute Gasteiger partial charge is 0.227 e.